The number of benzene rings is 1. The molecule has 1 atom stereocenters. The molecule has 0 aromatic heterocycles. The van der Waals surface area contributed by atoms with Gasteiger partial charge in [0, 0.05) is 12.0 Å². The lowest BCUT2D eigenvalue weighted by molar-refractivity contribution is 0.150. The second kappa shape index (κ2) is 8.38. The average molecular weight is 415 g/mol. The molecule has 0 spiro atoms. The highest BCUT2D eigenvalue weighted by molar-refractivity contribution is 14.0. The summed E-state index contributed by atoms with van der Waals surface area (Å²) in [6.07, 6.45) is 4.04. The van der Waals surface area contributed by atoms with E-state index in [4.69, 9.17) is 15.2 Å². The molecule has 22 heavy (non-hydrogen) atoms. The number of halogens is 1. The van der Waals surface area contributed by atoms with Crippen LogP contribution in [0.2, 0.25) is 0 Å². The summed E-state index contributed by atoms with van der Waals surface area (Å²) in [7, 11) is 0. The Balaban J connectivity index is 0.00000176. The van der Waals surface area contributed by atoms with E-state index in [0.29, 0.717) is 25.7 Å². The fraction of sp³-hybridized carbons (Fsp3) is 0.438. The number of guanidine groups is 1. The Morgan fingerprint density at radius 1 is 1.32 bits per heavy atom. The summed E-state index contributed by atoms with van der Waals surface area (Å²) < 4.78 is 11.0. The first kappa shape index (κ1) is 17.1. The van der Waals surface area contributed by atoms with Crippen LogP contribution in [0.25, 0.3) is 0 Å². The van der Waals surface area contributed by atoms with Crippen molar-refractivity contribution >= 4 is 29.9 Å². The lowest BCUT2D eigenvalue weighted by atomic mass is 10.0. The molecule has 2 heterocycles. The van der Waals surface area contributed by atoms with Gasteiger partial charge in [-0.25, -0.2) is 4.99 Å². The van der Waals surface area contributed by atoms with Crippen LogP contribution in [0.5, 0.6) is 5.75 Å². The van der Waals surface area contributed by atoms with Crippen LogP contribution in [0.4, 0.5) is 0 Å². The standard InChI is InChI=1S/C16H21N3O2.HI/c17-16(18-10-12-4-3-8-20-11-12)19-14-7-9-21-15-6-2-1-5-13(14)15;/h1-2,4-6,14H,3,7-11H2,(H3,17,18,19);1H. The molecular weight excluding hydrogens is 393 g/mol. The van der Waals surface area contributed by atoms with Crippen LogP contribution in [0, 0.1) is 0 Å². The predicted molar refractivity (Wildman–Crippen MR) is 97.9 cm³/mol. The van der Waals surface area contributed by atoms with E-state index in [2.05, 4.69) is 22.5 Å². The molecule has 0 saturated carbocycles. The van der Waals surface area contributed by atoms with E-state index in [1.165, 1.54) is 5.57 Å². The molecule has 0 amide bonds. The number of nitrogens with one attached hydrogen (secondary N) is 1. The number of hydrogen-bond acceptors (Lipinski definition) is 3. The van der Waals surface area contributed by atoms with Crippen molar-refractivity contribution < 1.29 is 9.47 Å². The zero-order valence-electron chi connectivity index (χ0n) is 12.5. The second-order valence-electron chi connectivity index (χ2n) is 5.28. The van der Waals surface area contributed by atoms with E-state index >= 15 is 0 Å². The fourth-order valence-corrected chi connectivity index (χ4v) is 2.62. The van der Waals surface area contributed by atoms with Gasteiger partial charge in [0.1, 0.15) is 5.75 Å². The van der Waals surface area contributed by atoms with Crippen molar-refractivity contribution in [3.05, 3.63) is 41.5 Å². The van der Waals surface area contributed by atoms with E-state index in [-0.39, 0.29) is 30.0 Å². The minimum Gasteiger partial charge on any atom is -0.493 e. The lowest BCUT2D eigenvalue weighted by Gasteiger charge is -2.27. The summed E-state index contributed by atoms with van der Waals surface area (Å²) in [6, 6.07) is 8.21. The summed E-state index contributed by atoms with van der Waals surface area (Å²) in [5.74, 6) is 1.40. The van der Waals surface area contributed by atoms with Crippen molar-refractivity contribution in [2.24, 2.45) is 10.7 Å². The van der Waals surface area contributed by atoms with Crippen LogP contribution in [-0.4, -0.2) is 32.3 Å². The molecule has 1 aromatic carbocycles. The van der Waals surface area contributed by atoms with Gasteiger partial charge in [0.2, 0.25) is 0 Å². The van der Waals surface area contributed by atoms with Gasteiger partial charge in [-0.1, -0.05) is 24.3 Å². The minimum absolute atomic E-state index is 0. The molecule has 0 fully saturated rings. The number of nitrogens with zero attached hydrogens (tertiary/aromatic N) is 1. The quantitative estimate of drug-likeness (QED) is 0.344. The Hall–Kier alpha value is -1.28. The fourth-order valence-electron chi connectivity index (χ4n) is 2.62. The van der Waals surface area contributed by atoms with Crippen LogP contribution in [0.1, 0.15) is 24.4 Å². The SMILES string of the molecule is I.NC(=NCC1=CCCOC1)NC1CCOc2ccccc21. The van der Waals surface area contributed by atoms with E-state index < -0.39 is 0 Å². The maximum Gasteiger partial charge on any atom is 0.189 e. The molecule has 5 nitrogen and oxygen atoms in total. The summed E-state index contributed by atoms with van der Waals surface area (Å²) in [5.41, 5.74) is 8.34. The van der Waals surface area contributed by atoms with Crippen LogP contribution in [0.15, 0.2) is 40.9 Å². The number of aliphatic imine (C=N–C) groups is 1. The number of ether oxygens (including phenoxy) is 2. The highest BCUT2D eigenvalue weighted by atomic mass is 127. The summed E-state index contributed by atoms with van der Waals surface area (Å²) in [6.45, 7) is 2.77. The van der Waals surface area contributed by atoms with Crippen molar-refractivity contribution in [2.75, 3.05) is 26.4 Å². The summed E-state index contributed by atoms with van der Waals surface area (Å²) >= 11 is 0. The van der Waals surface area contributed by atoms with Crippen LogP contribution >= 0.6 is 24.0 Å². The molecule has 6 heteroatoms. The molecular formula is C16H22IN3O2. The highest BCUT2D eigenvalue weighted by Crippen LogP contribution is 2.31. The third kappa shape index (κ3) is 4.36. The Morgan fingerprint density at radius 3 is 3.00 bits per heavy atom. The van der Waals surface area contributed by atoms with Gasteiger partial charge in [0.25, 0.3) is 0 Å². The van der Waals surface area contributed by atoms with Crippen LogP contribution in [-0.2, 0) is 4.74 Å². The van der Waals surface area contributed by atoms with Crippen molar-refractivity contribution in [3.8, 4) is 5.75 Å². The Labute approximate surface area is 148 Å². The van der Waals surface area contributed by atoms with Crippen molar-refractivity contribution in [1.29, 1.82) is 0 Å². The molecule has 1 aromatic rings. The van der Waals surface area contributed by atoms with Gasteiger partial charge in [-0.15, -0.1) is 24.0 Å². The molecule has 1 unspecified atom stereocenters. The normalized spacial score (nSPS) is 21.0. The van der Waals surface area contributed by atoms with Gasteiger partial charge in [-0.2, -0.15) is 0 Å². The van der Waals surface area contributed by atoms with E-state index in [9.17, 15) is 0 Å². The molecule has 0 saturated heterocycles. The summed E-state index contributed by atoms with van der Waals surface area (Å²) in [5, 5.41) is 3.29. The number of nitrogens with two attached hydrogens (primary N) is 1. The van der Waals surface area contributed by atoms with Gasteiger partial charge >= 0.3 is 0 Å². The highest BCUT2D eigenvalue weighted by Gasteiger charge is 2.21. The number of fused-ring (bicyclic) bond motifs is 1. The summed E-state index contributed by atoms with van der Waals surface area (Å²) in [4.78, 5) is 4.41. The molecule has 0 radical (unpaired) electrons. The Bertz CT molecular complexity index is 560. The topological polar surface area (TPSA) is 68.9 Å². The first-order chi connectivity index (χ1) is 10.3. The predicted octanol–water partition coefficient (Wildman–Crippen LogP) is 2.38. The zero-order valence-corrected chi connectivity index (χ0v) is 14.8. The van der Waals surface area contributed by atoms with Gasteiger partial charge in [-0.3, -0.25) is 0 Å². The molecule has 3 N–H and O–H groups in total. The maximum absolute atomic E-state index is 6.01. The monoisotopic (exact) mass is 415 g/mol. The van der Waals surface area contributed by atoms with Crippen LogP contribution in [0.3, 0.4) is 0 Å². The van der Waals surface area contributed by atoms with E-state index in [0.717, 1.165) is 30.8 Å². The molecule has 0 bridgehead atoms. The number of hydrogen-bond donors (Lipinski definition) is 2. The van der Waals surface area contributed by atoms with Crippen molar-refractivity contribution in [3.63, 3.8) is 0 Å². The Morgan fingerprint density at radius 2 is 2.18 bits per heavy atom. The molecule has 120 valence electrons. The smallest absolute Gasteiger partial charge is 0.189 e. The van der Waals surface area contributed by atoms with Gasteiger partial charge in [-0.05, 0) is 18.1 Å². The minimum atomic E-state index is 0. The zero-order chi connectivity index (χ0) is 14.5. The molecule has 0 aliphatic carbocycles. The second-order valence-corrected chi connectivity index (χ2v) is 5.28. The average Bonchev–Trinajstić information content (AvgIpc) is 2.54. The van der Waals surface area contributed by atoms with E-state index in [1.807, 2.05) is 18.2 Å². The van der Waals surface area contributed by atoms with E-state index in [1.54, 1.807) is 0 Å². The third-order valence-corrected chi connectivity index (χ3v) is 3.72. The van der Waals surface area contributed by atoms with Gasteiger partial charge < -0.3 is 20.5 Å². The van der Waals surface area contributed by atoms with Gasteiger partial charge in [0.15, 0.2) is 5.96 Å². The first-order valence-electron chi connectivity index (χ1n) is 7.37. The first-order valence-corrected chi connectivity index (χ1v) is 7.37. The molecule has 2 aliphatic heterocycles. The van der Waals surface area contributed by atoms with Crippen molar-refractivity contribution in [2.45, 2.75) is 18.9 Å². The number of para-hydroxylation sites is 1. The Kier molecular flexibility index (Phi) is 6.50. The van der Waals surface area contributed by atoms with Crippen molar-refractivity contribution in [1.82, 2.24) is 5.32 Å². The molecule has 2 aliphatic rings. The maximum atomic E-state index is 6.01. The lowest BCUT2D eigenvalue weighted by Crippen LogP contribution is -2.37. The largest absolute Gasteiger partial charge is 0.493 e. The molecule has 3 rings (SSSR count). The van der Waals surface area contributed by atoms with Gasteiger partial charge in [0.05, 0.1) is 32.4 Å². The third-order valence-electron chi connectivity index (χ3n) is 3.72. The number of rotatable bonds is 3. The van der Waals surface area contributed by atoms with Crippen LogP contribution < -0.4 is 15.8 Å².